The maximum Gasteiger partial charge on any atom is 0.310 e. The lowest BCUT2D eigenvalue weighted by molar-refractivity contribution is -0.150. The molecule has 0 amide bonds. The van der Waals surface area contributed by atoms with Crippen molar-refractivity contribution in [2.75, 3.05) is 5.32 Å². The van der Waals surface area contributed by atoms with Gasteiger partial charge in [0.15, 0.2) is 10.7 Å². The van der Waals surface area contributed by atoms with Crippen LogP contribution in [0.25, 0.3) is 0 Å². The highest BCUT2D eigenvalue weighted by Gasteiger charge is 2.46. The number of nitrogens with one attached hydrogen (secondary N) is 1. The Labute approximate surface area is 140 Å². The molecule has 2 atom stereocenters. The predicted octanol–water partition coefficient (Wildman–Crippen LogP) is 4.71. The van der Waals surface area contributed by atoms with Gasteiger partial charge < -0.3 is 10.1 Å². The molecule has 1 aliphatic rings. The van der Waals surface area contributed by atoms with Gasteiger partial charge in [-0.25, -0.2) is 4.98 Å². The number of nitrogens with zero attached hydrogens (tertiary/aromatic N) is 1. The minimum Gasteiger partial charge on any atom is -0.453 e. The van der Waals surface area contributed by atoms with Gasteiger partial charge in [0.2, 0.25) is 0 Å². The molecule has 1 fully saturated rings. The Morgan fingerprint density at radius 3 is 2.83 bits per heavy atom. The second-order valence-corrected chi connectivity index (χ2v) is 7.57. The van der Waals surface area contributed by atoms with Crippen molar-refractivity contribution in [1.82, 2.24) is 4.98 Å². The van der Waals surface area contributed by atoms with Gasteiger partial charge in [0.1, 0.15) is 0 Å². The van der Waals surface area contributed by atoms with Crippen LogP contribution in [0.15, 0.2) is 35.7 Å². The van der Waals surface area contributed by atoms with Crippen molar-refractivity contribution in [2.24, 2.45) is 11.8 Å². The second kappa shape index (κ2) is 6.32. The van der Waals surface area contributed by atoms with Gasteiger partial charge in [-0.05, 0) is 31.4 Å². The van der Waals surface area contributed by atoms with Gasteiger partial charge in [-0.2, -0.15) is 0 Å². The topological polar surface area (TPSA) is 51.2 Å². The van der Waals surface area contributed by atoms with E-state index in [0.717, 1.165) is 22.9 Å². The first-order chi connectivity index (χ1) is 11.0. The third kappa shape index (κ3) is 3.55. The molecule has 4 nitrogen and oxygen atoms in total. The largest absolute Gasteiger partial charge is 0.453 e. The fraction of sp³-hybridized carbons (Fsp3) is 0.444. The number of carbonyl (C=O) groups excluding carboxylic acids is 1. The van der Waals surface area contributed by atoms with Gasteiger partial charge in [-0.1, -0.05) is 32.0 Å². The Hall–Kier alpha value is -1.88. The van der Waals surface area contributed by atoms with Crippen molar-refractivity contribution in [2.45, 2.75) is 39.2 Å². The number of hydrogen-bond donors (Lipinski definition) is 1. The van der Waals surface area contributed by atoms with Crippen LogP contribution in [0.4, 0.5) is 10.8 Å². The van der Waals surface area contributed by atoms with E-state index in [1.807, 2.05) is 42.6 Å². The highest BCUT2D eigenvalue weighted by atomic mass is 32.1. The Morgan fingerprint density at radius 2 is 2.13 bits per heavy atom. The lowest BCUT2D eigenvalue weighted by Gasteiger charge is -2.20. The van der Waals surface area contributed by atoms with E-state index in [9.17, 15) is 4.79 Å². The average molecular weight is 330 g/mol. The number of esters is 1. The maximum atomic E-state index is 12.1. The molecule has 0 radical (unpaired) electrons. The number of thiazole rings is 1. The first-order valence-electron chi connectivity index (χ1n) is 7.97. The molecule has 1 aliphatic heterocycles. The van der Waals surface area contributed by atoms with E-state index in [2.05, 4.69) is 24.1 Å². The summed E-state index contributed by atoms with van der Waals surface area (Å²) in [7, 11) is 0. The summed E-state index contributed by atoms with van der Waals surface area (Å²) in [5.41, 5.74) is 1.23. The van der Waals surface area contributed by atoms with E-state index >= 15 is 0 Å². The first kappa shape index (κ1) is 16.0. The van der Waals surface area contributed by atoms with E-state index in [1.54, 1.807) is 0 Å². The molecule has 5 heteroatoms. The van der Waals surface area contributed by atoms with Crippen LogP contribution in [0, 0.1) is 11.8 Å². The number of rotatable bonds is 5. The lowest BCUT2D eigenvalue weighted by atomic mass is 9.88. The molecular formula is C18H22N2O2S. The Bertz CT molecular complexity index is 683. The molecule has 0 bridgehead atoms. The van der Waals surface area contributed by atoms with Crippen LogP contribution in [0.3, 0.4) is 0 Å². The van der Waals surface area contributed by atoms with Gasteiger partial charge >= 0.3 is 5.97 Å². The average Bonchev–Trinajstić information content (AvgIpc) is 3.06. The number of benzene rings is 1. The lowest BCUT2D eigenvalue weighted by Crippen LogP contribution is -2.21. The van der Waals surface area contributed by atoms with Crippen molar-refractivity contribution in [3.63, 3.8) is 0 Å². The maximum absolute atomic E-state index is 12.1. The number of aromatic nitrogens is 1. The number of carbonyl (C=O) groups is 1. The SMILES string of the molecule is CC(C)C[C@@H]1C[C@](C)(c2csc(Nc3ccccc3)n2)OC1=O. The fourth-order valence-electron chi connectivity index (χ4n) is 3.03. The van der Waals surface area contributed by atoms with Crippen LogP contribution in [-0.2, 0) is 15.1 Å². The first-order valence-corrected chi connectivity index (χ1v) is 8.85. The highest BCUT2D eigenvalue weighted by molar-refractivity contribution is 7.13. The summed E-state index contributed by atoms with van der Waals surface area (Å²) in [5, 5.41) is 6.08. The van der Waals surface area contributed by atoms with Crippen molar-refractivity contribution in [3.05, 3.63) is 41.4 Å². The van der Waals surface area contributed by atoms with Crippen molar-refractivity contribution >= 4 is 28.1 Å². The molecule has 23 heavy (non-hydrogen) atoms. The summed E-state index contributed by atoms with van der Waals surface area (Å²) in [5.74, 6) is 0.375. The molecule has 1 N–H and O–H groups in total. The van der Waals surface area contributed by atoms with Crippen molar-refractivity contribution in [1.29, 1.82) is 0 Å². The van der Waals surface area contributed by atoms with Gasteiger partial charge in [0.25, 0.3) is 0 Å². The Balaban J connectivity index is 1.73. The molecule has 0 unspecified atom stereocenters. The second-order valence-electron chi connectivity index (χ2n) is 6.71. The van der Waals surface area contributed by atoms with Gasteiger partial charge in [0.05, 0.1) is 11.6 Å². The standard InChI is InChI=1S/C18H22N2O2S/c1-12(2)9-13-10-18(3,22-16(13)21)15-11-23-17(20-15)19-14-7-5-4-6-8-14/h4-8,11-13H,9-10H2,1-3H3,(H,19,20)/t13-,18-/m1/s1. The summed E-state index contributed by atoms with van der Waals surface area (Å²) in [6.45, 7) is 6.23. The summed E-state index contributed by atoms with van der Waals surface area (Å²) in [4.78, 5) is 16.8. The molecule has 1 saturated heterocycles. The molecule has 0 spiro atoms. The van der Waals surface area contributed by atoms with E-state index in [1.165, 1.54) is 11.3 Å². The summed E-state index contributed by atoms with van der Waals surface area (Å²) in [6.07, 6.45) is 1.58. The van der Waals surface area contributed by atoms with E-state index in [-0.39, 0.29) is 11.9 Å². The minimum absolute atomic E-state index is 0.0211. The smallest absolute Gasteiger partial charge is 0.310 e. The zero-order valence-corrected chi connectivity index (χ0v) is 14.5. The number of ether oxygens (including phenoxy) is 1. The predicted molar refractivity (Wildman–Crippen MR) is 92.8 cm³/mol. The van der Waals surface area contributed by atoms with E-state index in [0.29, 0.717) is 12.3 Å². The number of hydrogen-bond acceptors (Lipinski definition) is 5. The van der Waals surface area contributed by atoms with E-state index < -0.39 is 5.60 Å². The molecular weight excluding hydrogens is 308 g/mol. The number of para-hydroxylation sites is 1. The zero-order chi connectivity index (χ0) is 16.4. The number of cyclic esters (lactones) is 1. The monoisotopic (exact) mass is 330 g/mol. The Morgan fingerprint density at radius 1 is 1.39 bits per heavy atom. The summed E-state index contributed by atoms with van der Waals surface area (Å²) < 4.78 is 5.69. The molecule has 1 aromatic carbocycles. The van der Waals surface area contributed by atoms with Crippen LogP contribution in [0.1, 0.15) is 39.3 Å². The van der Waals surface area contributed by atoms with Crippen molar-refractivity contribution in [3.8, 4) is 0 Å². The molecule has 2 aromatic rings. The summed E-state index contributed by atoms with van der Waals surface area (Å²) in [6, 6.07) is 9.93. The third-order valence-corrected chi connectivity index (χ3v) is 4.88. The van der Waals surface area contributed by atoms with Crippen LogP contribution < -0.4 is 5.32 Å². The van der Waals surface area contributed by atoms with Crippen LogP contribution in [0.5, 0.6) is 0 Å². The highest BCUT2D eigenvalue weighted by Crippen LogP contribution is 2.42. The zero-order valence-electron chi connectivity index (χ0n) is 13.7. The van der Waals surface area contributed by atoms with E-state index in [4.69, 9.17) is 4.74 Å². The fourth-order valence-corrected chi connectivity index (χ4v) is 3.88. The van der Waals surface area contributed by atoms with Crippen LogP contribution in [0.2, 0.25) is 0 Å². The molecule has 1 aromatic heterocycles. The molecule has 122 valence electrons. The van der Waals surface area contributed by atoms with Gasteiger partial charge in [0, 0.05) is 17.5 Å². The third-order valence-electron chi connectivity index (χ3n) is 4.12. The Kier molecular flexibility index (Phi) is 4.39. The molecule has 0 aliphatic carbocycles. The molecule has 2 heterocycles. The molecule has 3 rings (SSSR count). The van der Waals surface area contributed by atoms with Crippen molar-refractivity contribution < 1.29 is 9.53 Å². The molecule has 0 saturated carbocycles. The van der Waals surface area contributed by atoms with Crippen LogP contribution in [-0.4, -0.2) is 11.0 Å². The normalized spacial score (nSPS) is 24.0. The minimum atomic E-state index is -0.607. The van der Waals surface area contributed by atoms with Gasteiger partial charge in [-0.15, -0.1) is 11.3 Å². The quantitative estimate of drug-likeness (QED) is 0.807. The van der Waals surface area contributed by atoms with Gasteiger partial charge in [-0.3, -0.25) is 4.79 Å². The number of anilines is 2. The van der Waals surface area contributed by atoms with Crippen LogP contribution >= 0.6 is 11.3 Å². The summed E-state index contributed by atoms with van der Waals surface area (Å²) >= 11 is 1.53.